The minimum absolute atomic E-state index is 0.255. The van der Waals surface area contributed by atoms with Gasteiger partial charge in [0.25, 0.3) is 5.91 Å². The first-order chi connectivity index (χ1) is 12.6. The van der Waals surface area contributed by atoms with Crippen molar-refractivity contribution in [3.05, 3.63) is 71.7 Å². The standard InChI is InChI=1S/C20H20FN3O2/c1-24-19(16-9-8-15(26-2)12-17(16)21)13-18(23-24)20(25)22-11-10-14-6-4-3-5-7-14/h3-9,12-13H,10-11H2,1-2H3,(H,22,25). The molecule has 0 atom stereocenters. The van der Waals surface area contributed by atoms with Crippen LogP contribution in [0.3, 0.4) is 0 Å². The number of ether oxygens (including phenoxy) is 1. The number of aromatic nitrogens is 2. The molecular weight excluding hydrogens is 333 g/mol. The Morgan fingerprint density at radius 3 is 2.65 bits per heavy atom. The Morgan fingerprint density at radius 2 is 1.96 bits per heavy atom. The first-order valence-electron chi connectivity index (χ1n) is 8.28. The molecule has 1 N–H and O–H groups in total. The highest BCUT2D eigenvalue weighted by Crippen LogP contribution is 2.26. The zero-order chi connectivity index (χ0) is 18.5. The summed E-state index contributed by atoms with van der Waals surface area (Å²) in [5.74, 6) is -0.271. The van der Waals surface area contributed by atoms with Crippen LogP contribution in [0.1, 0.15) is 16.1 Å². The van der Waals surface area contributed by atoms with Crippen molar-refractivity contribution >= 4 is 5.91 Å². The van der Waals surface area contributed by atoms with Gasteiger partial charge in [-0.15, -0.1) is 0 Å². The van der Waals surface area contributed by atoms with E-state index in [0.29, 0.717) is 23.6 Å². The zero-order valence-electron chi connectivity index (χ0n) is 14.7. The zero-order valence-corrected chi connectivity index (χ0v) is 14.7. The van der Waals surface area contributed by atoms with Gasteiger partial charge in [0, 0.05) is 25.2 Å². The number of carbonyl (C=O) groups is 1. The van der Waals surface area contributed by atoms with Crippen LogP contribution in [0.25, 0.3) is 11.3 Å². The maximum atomic E-state index is 14.3. The topological polar surface area (TPSA) is 56.1 Å². The van der Waals surface area contributed by atoms with Crippen molar-refractivity contribution < 1.29 is 13.9 Å². The van der Waals surface area contributed by atoms with Gasteiger partial charge in [-0.1, -0.05) is 30.3 Å². The summed E-state index contributed by atoms with van der Waals surface area (Å²) in [6.07, 6.45) is 0.735. The predicted octanol–water partition coefficient (Wildman–Crippen LogP) is 3.21. The lowest BCUT2D eigenvalue weighted by Crippen LogP contribution is -2.26. The Balaban J connectivity index is 1.70. The average molecular weight is 353 g/mol. The fourth-order valence-electron chi connectivity index (χ4n) is 2.72. The molecule has 2 aromatic carbocycles. The summed E-state index contributed by atoms with van der Waals surface area (Å²) in [7, 11) is 3.16. The molecule has 0 spiro atoms. The van der Waals surface area contributed by atoms with Crippen LogP contribution in [0.5, 0.6) is 5.75 Å². The van der Waals surface area contributed by atoms with Crippen LogP contribution in [-0.2, 0) is 13.5 Å². The molecule has 0 bridgehead atoms. The molecule has 3 aromatic rings. The minimum Gasteiger partial charge on any atom is -0.497 e. The molecule has 3 rings (SSSR count). The van der Waals surface area contributed by atoms with Gasteiger partial charge in [0.1, 0.15) is 11.6 Å². The molecule has 0 aliphatic heterocycles. The fraction of sp³-hybridized carbons (Fsp3) is 0.200. The lowest BCUT2D eigenvalue weighted by Gasteiger charge is -2.05. The minimum atomic E-state index is -0.427. The summed E-state index contributed by atoms with van der Waals surface area (Å²) in [5.41, 5.74) is 2.29. The lowest BCUT2D eigenvalue weighted by molar-refractivity contribution is 0.0948. The first kappa shape index (κ1) is 17.7. The molecule has 5 nitrogen and oxygen atoms in total. The Morgan fingerprint density at radius 1 is 1.19 bits per heavy atom. The van der Waals surface area contributed by atoms with E-state index in [9.17, 15) is 9.18 Å². The van der Waals surface area contributed by atoms with Crippen LogP contribution in [-0.4, -0.2) is 29.3 Å². The molecular formula is C20H20FN3O2. The number of methoxy groups -OCH3 is 1. The summed E-state index contributed by atoms with van der Waals surface area (Å²) < 4.78 is 20.8. The third kappa shape index (κ3) is 3.91. The molecule has 134 valence electrons. The van der Waals surface area contributed by atoms with E-state index in [1.165, 1.54) is 17.9 Å². The van der Waals surface area contributed by atoms with E-state index in [2.05, 4.69) is 10.4 Å². The summed E-state index contributed by atoms with van der Waals surface area (Å²) in [5, 5.41) is 7.05. The summed E-state index contributed by atoms with van der Waals surface area (Å²) in [6, 6.07) is 16.1. The van der Waals surface area contributed by atoms with Crippen LogP contribution in [0, 0.1) is 5.82 Å². The molecule has 26 heavy (non-hydrogen) atoms. The van der Waals surface area contributed by atoms with Crippen molar-refractivity contribution in [1.82, 2.24) is 15.1 Å². The quantitative estimate of drug-likeness (QED) is 0.740. The fourth-order valence-corrected chi connectivity index (χ4v) is 2.72. The van der Waals surface area contributed by atoms with Crippen LogP contribution >= 0.6 is 0 Å². The Bertz CT molecular complexity index is 907. The van der Waals surface area contributed by atoms with Gasteiger partial charge in [-0.25, -0.2) is 4.39 Å². The summed E-state index contributed by atoms with van der Waals surface area (Å²) in [4.78, 5) is 12.3. The number of carbonyl (C=O) groups excluding carboxylic acids is 1. The van der Waals surface area contributed by atoms with Gasteiger partial charge < -0.3 is 10.1 Å². The monoisotopic (exact) mass is 353 g/mol. The number of rotatable bonds is 6. The van der Waals surface area contributed by atoms with E-state index in [4.69, 9.17) is 4.74 Å². The third-order valence-electron chi connectivity index (χ3n) is 4.11. The maximum Gasteiger partial charge on any atom is 0.271 e. The van der Waals surface area contributed by atoms with Gasteiger partial charge in [0.2, 0.25) is 0 Å². The normalized spacial score (nSPS) is 10.6. The molecule has 0 aliphatic rings. The van der Waals surface area contributed by atoms with Crippen molar-refractivity contribution in [1.29, 1.82) is 0 Å². The largest absolute Gasteiger partial charge is 0.497 e. The Kier molecular flexibility index (Phi) is 5.31. The van der Waals surface area contributed by atoms with Gasteiger partial charge in [-0.3, -0.25) is 9.48 Å². The van der Waals surface area contributed by atoms with Crippen molar-refractivity contribution in [2.45, 2.75) is 6.42 Å². The van der Waals surface area contributed by atoms with Crippen LogP contribution in [0.2, 0.25) is 0 Å². The molecule has 0 radical (unpaired) electrons. The average Bonchev–Trinajstić information content (AvgIpc) is 3.04. The summed E-state index contributed by atoms with van der Waals surface area (Å²) >= 11 is 0. The number of benzene rings is 2. The number of hydrogen-bond acceptors (Lipinski definition) is 3. The predicted molar refractivity (Wildman–Crippen MR) is 97.6 cm³/mol. The lowest BCUT2D eigenvalue weighted by atomic mass is 10.1. The third-order valence-corrected chi connectivity index (χ3v) is 4.11. The molecule has 1 heterocycles. The van der Waals surface area contributed by atoms with Gasteiger partial charge in [0.05, 0.1) is 12.8 Å². The van der Waals surface area contributed by atoms with E-state index in [0.717, 1.165) is 12.0 Å². The Hall–Kier alpha value is -3.15. The second-order valence-corrected chi connectivity index (χ2v) is 5.88. The smallest absolute Gasteiger partial charge is 0.271 e. The van der Waals surface area contributed by atoms with Gasteiger partial charge in [-0.05, 0) is 30.2 Å². The number of nitrogens with one attached hydrogen (secondary N) is 1. The number of halogens is 1. The van der Waals surface area contributed by atoms with Gasteiger partial charge >= 0.3 is 0 Å². The number of aryl methyl sites for hydroxylation is 1. The SMILES string of the molecule is COc1ccc(-c2cc(C(=O)NCCc3ccccc3)nn2C)c(F)c1. The molecule has 0 saturated heterocycles. The Labute approximate surface area is 151 Å². The van der Waals surface area contributed by atoms with Crippen molar-refractivity contribution in [2.75, 3.05) is 13.7 Å². The highest BCUT2D eigenvalue weighted by atomic mass is 19.1. The van der Waals surface area contributed by atoms with Crippen molar-refractivity contribution in [3.8, 4) is 17.0 Å². The second-order valence-electron chi connectivity index (χ2n) is 5.88. The first-order valence-corrected chi connectivity index (χ1v) is 8.28. The van der Waals surface area contributed by atoms with Crippen molar-refractivity contribution in [2.24, 2.45) is 7.05 Å². The molecule has 0 fully saturated rings. The van der Waals surface area contributed by atoms with E-state index in [-0.39, 0.29) is 11.6 Å². The molecule has 0 saturated carbocycles. The number of amides is 1. The highest BCUT2D eigenvalue weighted by molar-refractivity contribution is 5.93. The van der Waals surface area contributed by atoms with Gasteiger partial charge in [-0.2, -0.15) is 5.10 Å². The summed E-state index contributed by atoms with van der Waals surface area (Å²) in [6.45, 7) is 0.506. The second kappa shape index (κ2) is 7.82. The molecule has 6 heteroatoms. The van der Waals surface area contributed by atoms with E-state index in [1.54, 1.807) is 25.2 Å². The highest BCUT2D eigenvalue weighted by Gasteiger charge is 2.16. The number of hydrogen-bond donors (Lipinski definition) is 1. The van der Waals surface area contributed by atoms with Gasteiger partial charge in [0.15, 0.2) is 5.69 Å². The maximum absolute atomic E-state index is 14.3. The van der Waals surface area contributed by atoms with Crippen LogP contribution in [0.15, 0.2) is 54.6 Å². The van der Waals surface area contributed by atoms with Crippen LogP contribution < -0.4 is 10.1 Å². The van der Waals surface area contributed by atoms with Crippen LogP contribution in [0.4, 0.5) is 4.39 Å². The van der Waals surface area contributed by atoms with E-state index in [1.807, 2.05) is 30.3 Å². The molecule has 1 aromatic heterocycles. The molecule has 0 unspecified atom stereocenters. The molecule has 1 amide bonds. The molecule has 0 aliphatic carbocycles. The van der Waals surface area contributed by atoms with E-state index >= 15 is 0 Å². The van der Waals surface area contributed by atoms with E-state index < -0.39 is 5.82 Å². The number of nitrogens with zero attached hydrogens (tertiary/aromatic N) is 2. The van der Waals surface area contributed by atoms with Crippen molar-refractivity contribution in [3.63, 3.8) is 0 Å².